The summed E-state index contributed by atoms with van der Waals surface area (Å²) in [6.07, 6.45) is 7.16. The van der Waals surface area contributed by atoms with E-state index >= 15 is 0 Å². The van der Waals surface area contributed by atoms with E-state index in [1.807, 2.05) is 24.7 Å². The molecule has 2 N–H and O–H groups in total. The van der Waals surface area contributed by atoms with Crippen molar-refractivity contribution in [2.75, 3.05) is 5.32 Å². The quantitative estimate of drug-likeness (QED) is 0.734. The van der Waals surface area contributed by atoms with E-state index in [1.54, 1.807) is 6.20 Å². The molecule has 0 saturated carbocycles. The van der Waals surface area contributed by atoms with Gasteiger partial charge in [-0.15, -0.1) is 0 Å². The van der Waals surface area contributed by atoms with Gasteiger partial charge < -0.3 is 5.32 Å². The first kappa shape index (κ1) is 10.5. The summed E-state index contributed by atoms with van der Waals surface area (Å²) < 4.78 is 0. The summed E-state index contributed by atoms with van der Waals surface area (Å²) >= 11 is 0. The molecule has 0 radical (unpaired) electrons. The molecule has 0 aliphatic heterocycles. The number of anilines is 1. The number of benzene rings is 1. The first-order valence-corrected chi connectivity index (χ1v) is 5.63. The third kappa shape index (κ3) is 1.84. The lowest BCUT2D eigenvalue weighted by Crippen LogP contribution is -1.90. The van der Waals surface area contributed by atoms with Crippen LogP contribution in [0.4, 0.5) is 5.82 Å². The molecule has 0 bridgehead atoms. The fourth-order valence-electron chi connectivity index (χ4n) is 1.91. The SMILES string of the molecule is C=CNc1cc2cc(-c3cn[nH]c3)ccc2cn1. The molecule has 4 nitrogen and oxygen atoms in total. The van der Waals surface area contributed by atoms with Crippen molar-refractivity contribution in [3.8, 4) is 11.1 Å². The number of H-pyrrole nitrogens is 1. The van der Waals surface area contributed by atoms with Crippen LogP contribution in [0.15, 0.2) is 55.6 Å². The molecule has 18 heavy (non-hydrogen) atoms. The van der Waals surface area contributed by atoms with Gasteiger partial charge in [0.2, 0.25) is 0 Å². The van der Waals surface area contributed by atoms with Gasteiger partial charge in [-0.25, -0.2) is 4.98 Å². The number of aromatic nitrogens is 3. The number of hydrogen-bond acceptors (Lipinski definition) is 3. The second-order valence-electron chi connectivity index (χ2n) is 3.97. The molecule has 0 unspecified atom stereocenters. The lowest BCUT2D eigenvalue weighted by molar-refractivity contribution is 1.09. The van der Waals surface area contributed by atoms with Crippen molar-refractivity contribution in [3.63, 3.8) is 0 Å². The summed E-state index contributed by atoms with van der Waals surface area (Å²) in [4.78, 5) is 4.29. The summed E-state index contributed by atoms with van der Waals surface area (Å²) in [5, 5.41) is 12.0. The van der Waals surface area contributed by atoms with E-state index in [0.29, 0.717) is 0 Å². The van der Waals surface area contributed by atoms with E-state index < -0.39 is 0 Å². The minimum Gasteiger partial charge on any atom is -0.347 e. The van der Waals surface area contributed by atoms with E-state index in [9.17, 15) is 0 Å². The highest BCUT2D eigenvalue weighted by atomic mass is 15.1. The van der Waals surface area contributed by atoms with Crippen LogP contribution in [0.5, 0.6) is 0 Å². The van der Waals surface area contributed by atoms with Crippen molar-refractivity contribution in [2.45, 2.75) is 0 Å². The van der Waals surface area contributed by atoms with Crippen LogP contribution in [0.1, 0.15) is 0 Å². The fourth-order valence-corrected chi connectivity index (χ4v) is 1.91. The van der Waals surface area contributed by atoms with Gasteiger partial charge in [0.25, 0.3) is 0 Å². The molecule has 0 atom stereocenters. The predicted molar refractivity (Wildman–Crippen MR) is 73.1 cm³/mol. The Bertz CT molecular complexity index is 686. The van der Waals surface area contributed by atoms with Gasteiger partial charge in [0.05, 0.1) is 6.20 Å². The second kappa shape index (κ2) is 4.33. The molecule has 0 spiro atoms. The Morgan fingerprint density at radius 3 is 2.83 bits per heavy atom. The topological polar surface area (TPSA) is 53.6 Å². The Hall–Kier alpha value is -2.62. The van der Waals surface area contributed by atoms with Crippen molar-refractivity contribution in [1.82, 2.24) is 15.2 Å². The molecule has 2 heterocycles. The van der Waals surface area contributed by atoms with Gasteiger partial charge in [0.15, 0.2) is 0 Å². The van der Waals surface area contributed by atoms with E-state index in [1.165, 1.54) is 0 Å². The lowest BCUT2D eigenvalue weighted by Gasteiger charge is -2.04. The van der Waals surface area contributed by atoms with Gasteiger partial charge in [-0.05, 0) is 29.3 Å². The van der Waals surface area contributed by atoms with Crippen molar-refractivity contribution in [3.05, 3.63) is 55.6 Å². The number of fused-ring (bicyclic) bond motifs is 1. The molecule has 0 fully saturated rings. The highest BCUT2D eigenvalue weighted by Gasteiger charge is 2.02. The van der Waals surface area contributed by atoms with Crippen LogP contribution in [0.25, 0.3) is 21.9 Å². The second-order valence-corrected chi connectivity index (χ2v) is 3.97. The Morgan fingerprint density at radius 1 is 1.11 bits per heavy atom. The molecule has 0 amide bonds. The molecule has 0 saturated heterocycles. The fraction of sp³-hybridized carbons (Fsp3) is 0. The molecular weight excluding hydrogens is 224 g/mol. The van der Waals surface area contributed by atoms with Gasteiger partial charge in [0.1, 0.15) is 5.82 Å². The third-order valence-corrected chi connectivity index (χ3v) is 2.80. The minimum absolute atomic E-state index is 0.793. The smallest absolute Gasteiger partial charge is 0.130 e. The number of hydrogen-bond donors (Lipinski definition) is 2. The number of nitrogens with one attached hydrogen (secondary N) is 2. The highest BCUT2D eigenvalue weighted by molar-refractivity contribution is 5.88. The maximum absolute atomic E-state index is 4.29. The average Bonchev–Trinajstić information content (AvgIpc) is 2.92. The van der Waals surface area contributed by atoms with Gasteiger partial charge >= 0.3 is 0 Å². The minimum atomic E-state index is 0.793. The van der Waals surface area contributed by atoms with E-state index in [4.69, 9.17) is 0 Å². The Morgan fingerprint density at radius 2 is 2.06 bits per heavy atom. The van der Waals surface area contributed by atoms with Crippen LogP contribution >= 0.6 is 0 Å². The molecule has 2 aromatic heterocycles. The zero-order chi connectivity index (χ0) is 12.4. The van der Waals surface area contributed by atoms with Gasteiger partial charge in [-0.1, -0.05) is 18.7 Å². The normalized spacial score (nSPS) is 10.4. The maximum Gasteiger partial charge on any atom is 0.130 e. The zero-order valence-electron chi connectivity index (χ0n) is 9.72. The Kier molecular flexibility index (Phi) is 2.53. The third-order valence-electron chi connectivity index (χ3n) is 2.80. The van der Waals surface area contributed by atoms with E-state index in [2.05, 4.69) is 45.3 Å². The largest absolute Gasteiger partial charge is 0.347 e. The molecular formula is C14H12N4. The predicted octanol–water partition coefficient (Wildman–Crippen LogP) is 3.18. The van der Waals surface area contributed by atoms with Crippen LogP contribution in [-0.4, -0.2) is 15.2 Å². The van der Waals surface area contributed by atoms with Crippen molar-refractivity contribution >= 4 is 16.6 Å². The summed E-state index contributed by atoms with van der Waals surface area (Å²) in [5.41, 5.74) is 2.21. The molecule has 4 heteroatoms. The molecule has 1 aromatic carbocycles. The monoisotopic (exact) mass is 236 g/mol. The number of aromatic amines is 1. The Balaban J connectivity index is 2.12. The van der Waals surface area contributed by atoms with Gasteiger partial charge in [0, 0.05) is 23.3 Å². The van der Waals surface area contributed by atoms with Crippen molar-refractivity contribution in [1.29, 1.82) is 0 Å². The Labute approximate surface area is 104 Å². The number of rotatable bonds is 3. The van der Waals surface area contributed by atoms with Crippen LogP contribution in [0, 0.1) is 0 Å². The average molecular weight is 236 g/mol. The van der Waals surface area contributed by atoms with Crippen LogP contribution in [0.3, 0.4) is 0 Å². The number of nitrogens with zero attached hydrogens (tertiary/aromatic N) is 2. The first-order valence-electron chi connectivity index (χ1n) is 5.63. The van der Waals surface area contributed by atoms with Crippen molar-refractivity contribution in [2.24, 2.45) is 0 Å². The maximum atomic E-state index is 4.29. The zero-order valence-corrected chi connectivity index (χ0v) is 9.72. The summed E-state index contributed by atoms with van der Waals surface area (Å²) in [6.45, 7) is 3.63. The lowest BCUT2D eigenvalue weighted by atomic mass is 10.1. The molecule has 3 rings (SSSR count). The van der Waals surface area contributed by atoms with Gasteiger partial charge in [-0.2, -0.15) is 5.10 Å². The molecule has 3 aromatic rings. The first-order chi connectivity index (χ1) is 8.86. The summed E-state index contributed by atoms with van der Waals surface area (Å²) in [7, 11) is 0. The van der Waals surface area contributed by atoms with Crippen LogP contribution in [-0.2, 0) is 0 Å². The highest BCUT2D eigenvalue weighted by Crippen LogP contribution is 2.24. The van der Waals surface area contributed by atoms with Crippen molar-refractivity contribution < 1.29 is 0 Å². The van der Waals surface area contributed by atoms with Crippen LogP contribution < -0.4 is 5.32 Å². The van der Waals surface area contributed by atoms with E-state index in [0.717, 1.165) is 27.7 Å². The molecule has 88 valence electrons. The standard InChI is InChI=1S/C14H12N4/c1-2-15-14-6-12-5-10(13-8-17-18-9-13)3-4-11(12)7-16-14/h2-9H,1H2,(H,15,16)(H,17,18). The van der Waals surface area contributed by atoms with E-state index in [-0.39, 0.29) is 0 Å². The van der Waals surface area contributed by atoms with Crippen LogP contribution in [0.2, 0.25) is 0 Å². The summed E-state index contributed by atoms with van der Waals surface area (Å²) in [5.74, 6) is 0.793. The summed E-state index contributed by atoms with van der Waals surface area (Å²) in [6, 6.07) is 8.24. The molecule has 0 aliphatic rings. The van der Waals surface area contributed by atoms with Gasteiger partial charge in [-0.3, -0.25) is 5.10 Å². The number of pyridine rings is 1. The molecule has 0 aliphatic carbocycles.